The summed E-state index contributed by atoms with van der Waals surface area (Å²) in [6.07, 6.45) is 0. The van der Waals surface area contributed by atoms with E-state index >= 15 is 0 Å². The summed E-state index contributed by atoms with van der Waals surface area (Å²) in [7, 11) is 0. The Hall–Kier alpha value is -3.95. The molecule has 1 heterocycles. The topological polar surface area (TPSA) is 153 Å². The zero-order valence-corrected chi connectivity index (χ0v) is 13.3. The molecule has 3 aromatic rings. The number of primary amides is 1. The molecule has 10 heteroatoms. The van der Waals surface area contributed by atoms with Crippen LogP contribution in [0.4, 0.5) is 11.4 Å². The van der Waals surface area contributed by atoms with Crippen LogP contribution in [0.15, 0.2) is 42.5 Å². The number of nitrogens with two attached hydrogens (primary N) is 1. The van der Waals surface area contributed by atoms with Crippen LogP contribution >= 0.6 is 0 Å². The SMILES string of the molecule is NC(=O)COc1cccc(NC(=O)c2n[nH]c3ccc([N+](=O)[O-])cc23)c1. The van der Waals surface area contributed by atoms with Gasteiger partial charge >= 0.3 is 0 Å². The number of aromatic amines is 1. The molecule has 10 nitrogen and oxygen atoms in total. The normalized spacial score (nSPS) is 10.5. The summed E-state index contributed by atoms with van der Waals surface area (Å²) in [4.78, 5) is 33.6. The Labute approximate surface area is 146 Å². The number of nitro benzene ring substituents is 1. The van der Waals surface area contributed by atoms with Crippen molar-refractivity contribution in [3.8, 4) is 5.75 Å². The van der Waals surface area contributed by atoms with Crippen molar-refractivity contribution in [2.45, 2.75) is 0 Å². The highest BCUT2D eigenvalue weighted by molar-refractivity contribution is 6.11. The number of ether oxygens (including phenoxy) is 1. The molecule has 0 aliphatic rings. The average Bonchev–Trinajstić information content (AvgIpc) is 3.03. The maximum atomic E-state index is 12.5. The molecule has 132 valence electrons. The van der Waals surface area contributed by atoms with Gasteiger partial charge in [-0.3, -0.25) is 24.8 Å². The van der Waals surface area contributed by atoms with E-state index in [1.165, 1.54) is 24.3 Å². The van der Waals surface area contributed by atoms with Gasteiger partial charge < -0.3 is 15.8 Å². The second-order valence-electron chi connectivity index (χ2n) is 5.30. The molecule has 1 aromatic heterocycles. The lowest BCUT2D eigenvalue weighted by molar-refractivity contribution is -0.384. The van der Waals surface area contributed by atoms with Gasteiger partial charge in [0, 0.05) is 29.3 Å². The number of benzene rings is 2. The third kappa shape index (κ3) is 3.59. The van der Waals surface area contributed by atoms with Crippen molar-refractivity contribution in [2.24, 2.45) is 5.73 Å². The zero-order valence-electron chi connectivity index (χ0n) is 13.3. The predicted molar refractivity (Wildman–Crippen MR) is 91.8 cm³/mol. The van der Waals surface area contributed by atoms with Crippen molar-refractivity contribution in [1.82, 2.24) is 10.2 Å². The Morgan fingerprint density at radius 2 is 2.08 bits per heavy atom. The Morgan fingerprint density at radius 1 is 1.27 bits per heavy atom. The number of carbonyl (C=O) groups is 2. The van der Waals surface area contributed by atoms with Crippen molar-refractivity contribution < 1.29 is 19.2 Å². The number of hydrogen-bond acceptors (Lipinski definition) is 6. The number of fused-ring (bicyclic) bond motifs is 1. The molecule has 3 rings (SSSR count). The minimum Gasteiger partial charge on any atom is -0.484 e. The van der Waals surface area contributed by atoms with Crippen LogP contribution in [0.3, 0.4) is 0 Å². The van der Waals surface area contributed by atoms with Gasteiger partial charge in [-0.05, 0) is 18.2 Å². The van der Waals surface area contributed by atoms with E-state index in [0.717, 1.165) is 0 Å². The summed E-state index contributed by atoms with van der Waals surface area (Å²) in [6.45, 7) is -0.287. The molecule has 2 amide bonds. The van der Waals surface area contributed by atoms with Crippen LogP contribution in [-0.2, 0) is 4.79 Å². The number of non-ortho nitro benzene ring substituents is 1. The first-order valence-electron chi connectivity index (χ1n) is 7.39. The fraction of sp³-hybridized carbons (Fsp3) is 0.0625. The number of anilines is 1. The van der Waals surface area contributed by atoms with Gasteiger partial charge in [0.15, 0.2) is 12.3 Å². The summed E-state index contributed by atoms with van der Waals surface area (Å²) in [5.74, 6) is -0.822. The van der Waals surface area contributed by atoms with Gasteiger partial charge in [0.25, 0.3) is 17.5 Å². The lowest BCUT2D eigenvalue weighted by atomic mass is 10.2. The molecule has 0 saturated carbocycles. The van der Waals surface area contributed by atoms with E-state index in [1.807, 2.05) is 0 Å². The van der Waals surface area contributed by atoms with Crippen molar-refractivity contribution in [3.63, 3.8) is 0 Å². The standard InChI is InChI=1S/C16H13N5O5/c17-14(22)8-26-11-3-1-2-9(6-11)18-16(23)15-12-7-10(21(24)25)4-5-13(12)19-20-15/h1-7H,8H2,(H2,17,22)(H,18,23)(H,19,20). The first kappa shape index (κ1) is 16.9. The number of H-pyrrole nitrogens is 1. The molecule has 0 aliphatic heterocycles. The summed E-state index contributed by atoms with van der Waals surface area (Å²) in [6, 6.07) is 10.4. The number of aromatic nitrogens is 2. The van der Waals surface area contributed by atoms with Crippen molar-refractivity contribution >= 4 is 34.1 Å². The summed E-state index contributed by atoms with van der Waals surface area (Å²) in [5, 5.41) is 20.4. The van der Waals surface area contributed by atoms with Crippen LogP contribution < -0.4 is 15.8 Å². The Bertz CT molecular complexity index is 1010. The third-order valence-electron chi connectivity index (χ3n) is 3.45. The van der Waals surface area contributed by atoms with Crippen LogP contribution in [0.25, 0.3) is 10.9 Å². The van der Waals surface area contributed by atoms with Crippen LogP contribution in [-0.4, -0.2) is 33.5 Å². The van der Waals surface area contributed by atoms with Crippen molar-refractivity contribution in [3.05, 3.63) is 58.3 Å². The summed E-state index contributed by atoms with van der Waals surface area (Å²) >= 11 is 0. The van der Waals surface area contributed by atoms with E-state index in [1.54, 1.807) is 18.2 Å². The molecule has 0 fully saturated rings. The lowest BCUT2D eigenvalue weighted by Gasteiger charge is -2.07. The largest absolute Gasteiger partial charge is 0.484 e. The highest BCUT2D eigenvalue weighted by atomic mass is 16.6. The number of nitrogens with one attached hydrogen (secondary N) is 2. The van der Waals surface area contributed by atoms with Crippen molar-refractivity contribution in [1.29, 1.82) is 0 Å². The fourth-order valence-electron chi connectivity index (χ4n) is 2.30. The fourth-order valence-corrected chi connectivity index (χ4v) is 2.30. The third-order valence-corrected chi connectivity index (χ3v) is 3.45. The van der Waals surface area contributed by atoms with E-state index in [0.29, 0.717) is 22.3 Å². The maximum absolute atomic E-state index is 12.5. The number of amides is 2. The first-order chi connectivity index (χ1) is 12.4. The molecule has 0 radical (unpaired) electrons. The van der Waals surface area contributed by atoms with E-state index in [4.69, 9.17) is 10.5 Å². The van der Waals surface area contributed by atoms with E-state index < -0.39 is 16.7 Å². The van der Waals surface area contributed by atoms with Gasteiger partial charge in [0.05, 0.1) is 10.4 Å². The second kappa shape index (κ2) is 6.89. The molecule has 2 aromatic carbocycles. The number of rotatable bonds is 6. The van der Waals surface area contributed by atoms with Crippen LogP contribution in [0.1, 0.15) is 10.5 Å². The van der Waals surface area contributed by atoms with Crippen LogP contribution in [0.5, 0.6) is 5.75 Å². The van der Waals surface area contributed by atoms with Crippen LogP contribution in [0.2, 0.25) is 0 Å². The zero-order chi connectivity index (χ0) is 18.7. The number of hydrogen-bond donors (Lipinski definition) is 3. The number of carbonyl (C=O) groups excluding carboxylic acids is 2. The molecule has 0 bridgehead atoms. The molecule has 0 saturated heterocycles. The predicted octanol–water partition coefficient (Wildman–Crippen LogP) is 1.59. The van der Waals surface area contributed by atoms with E-state index in [2.05, 4.69) is 15.5 Å². The highest BCUT2D eigenvalue weighted by Crippen LogP contribution is 2.23. The number of nitro groups is 1. The lowest BCUT2D eigenvalue weighted by Crippen LogP contribution is -2.20. The van der Waals surface area contributed by atoms with Gasteiger partial charge in [-0.1, -0.05) is 6.07 Å². The quantitative estimate of drug-likeness (QED) is 0.451. The maximum Gasteiger partial charge on any atom is 0.276 e. The van der Waals surface area contributed by atoms with Gasteiger partial charge in [-0.15, -0.1) is 0 Å². The van der Waals surface area contributed by atoms with Crippen LogP contribution in [0, 0.1) is 10.1 Å². The van der Waals surface area contributed by atoms with E-state index in [9.17, 15) is 19.7 Å². The molecule has 4 N–H and O–H groups in total. The summed E-state index contributed by atoms with van der Waals surface area (Å²) < 4.78 is 5.17. The monoisotopic (exact) mass is 355 g/mol. The molecule has 26 heavy (non-hydrogen) atoms. The molecule has 0 unspecified atom stereocenters. The first-order valence-corrected chi connectivity index (χ1v) is 7.39. The minimum atomic E-state index is -0.621. The smallest absolute Gasteiger partial charge is 0.276 e. The highest BCUT2D eigenvalue weighted by Gasteiger charge is 2.17. The molecule has 0 atom stereocenters. The molecule has 0 spiro atoms. The Morgan fingerprint density at radius 3 is 2.81 bits per heavy atom. The Balaban J connectivity index is 1.83. The minimum absolute atomic E-state index is 0.0205. The van der Waals surface area contributed by atoms with E-state index in [-0.39, 0.29) is 18.0 Å². The number of nitrogens with zero attached hydrogens (tertiary/aromatic N) is 2. The molecular weight excluding hydrogens is 342 g/mol. The average molecular weight is 355 g/mol. The molecule has 0 aliphatic carbocycles. The van der Waals surface area contributed by atoms with Gasteiger partial charge in [0.1, 0.15) is 5.75 Å². The van der Waals surface area contributed by atoms with Gasteiger partial charge in [-0.25, -0.2) is 0 Å². The van der Waals surface area contributed by atoms with Gasteiger partial charge in [-0.2, -0.15) is 5.10 Å². The second-order valence-corrected chi connectivity index (χ2v) is 5.30. The van der Waals surface area contributed by atoms with Gasteiger partial charge in [0.2, 0.25) is 0 Å². The Kier molecular flexibility index (Phi) is 4.48. The summed E-state index contributed by atoms with van der Waals surface area (Å²) in [5.41, 5.74) is 5.79. The van der Waals surface area contributed by atoms with Crippen molar-refractivity contribution in [2.75, 3.05) is 11.9 Å². The molecular formula is C16H13N5O5.